The number of amides is 1. The number of carbonyl (C=O) groups is 2. The molecule has 172 valence electrons. The fourth-order valence-corrected chi connectivity index (χ4v) is 4.14. The first-order valence-corrected chi connectivity index (χ1v) is 10.3. The zero-order chi connectivity index (χ0) is 24.1. The molecule has 4 aromatic rings. The van der Waals surface area contributed by atoms with Crippen molar-refractivity contribution in [3.8, 4) is 0 Å². The summed E-state index contributed by atoms with van der Waals surface area (Å²) in [6, 6.07) is 6.89. The number of nitrogen functional groups attached to an aromatic ring is 2. The molecule has 5 rings (SSSR count). The lowest BCUT2D eigenvalue weighted by Crippen LogP contribution is -2.44. The van der Waals surface area contributed by atoms with Crippen LogP contribution in [0.2, 0.25) is 0 Å². The van der Waals surface area contributed by atoms with Crippen LogP contribution in [-0.2, 0) is 19.5 Å². The number of hydrogen-bond acceptors (Lipinski definition) is 9. The van der Waals surface area contributed by atoms with E-state index in [0.717, 1.165) is 27.3 Å². The zero-order valence-electron chi connectivity index (χ0n) is 17.7. The SMILES string of the molecule is Nc1c(N2CCc3ccc(CNC(=O)c4cc(C(=O)O)n5ncc(N)c5n4)cc3C2)c(=O)c1=O. The maximum absolute atomic E-state index is 12.7. The number of nitrogens with one attached hydrogen (secondary N) is 1. The predicted octanol–water partition coefficient (Wildman–Crippen LogP) is -0.319. The molecule has 1 aliphatic rings. The van der Waals surface area contributed by atoms with Gasteiger partial charge in [-0.3, -0.25) is 14.4 Å². The molecule has 0 bridgehead atoms. The molecule has 12 heteroatoms. The van der Waals surface area contributed by atoms with Crippen LogP contribution in [0.25, 0.3) is 5.65 Å². The lowest BCUT2D eigenvalue weighted by atomic mass is 9.96. The number of carboxylic acid groups (broad SMARTS) is 1. The van der Waals surface area contributed by atoms with E-state index in [1.807, 2.05) is 18.2 Å². The molecule has 0 atom stereocenters. The normalized spacial score (nSPS) is 13.2. The average molecular weight is 461 g/mol. The molecule has 3 heterocycles. The third-order valence-corrected chi connectivity index (χ3v) is 5.92. The van der Waals surface area contributed by atoms with Gasteiger partial charge in [0.05, 0.1) is 11.9 Å². The van der Waals surface area contributed by atoms with Gasteiger partial charge in [-0.2, -0.15) is 5.10 Å². The number of carbonyl (C=O) groups excluding carboxylic acids is 1. The Morgan fingerprint density at radius 3 is 2.65 bits per heavy atom. The highest BCUT2D eigenvalue weighted by Gasteiger charge is 2.27. The third-order valence-electron chi connectivity index (χ3n) is 5.92. The molecule has 34 heavy (non-hydrogen) atoms. The van der Waals surface area contributed by atoms with Gasteiger partial charge >= 0.3 is 5.97 Å². The number of nitrogens with two attached hydrogens (primary N) is 2. The first-order chi connectivity index (χ1) is 16.2. The number of aromatic nitrogens is 3. The Bertz CT molecular complexity index is 1560. The maximum atomic E-state index is 12.7. The van der Waals surface area contributed by atoms with Crippen molar-refractivity contribution in [3.63, 3.8) is 0 Å². The van der Waals surface area contributed by atoms with E-state index in [1.165, 1.54) is 6.20 Å². The monoisotopic (exact) mass is 461 g/mol. The topological polar surface area (TPSA) is 186 Å². The highest BCUT2D eigenvalue weighted by Crippen LogP contribution is 2.26. The quantitative estimate of drug-likeness (QED) is 0.287. The fourth-order valence-electron chi connectivity index (χ4n) is 4.14. The minimum atomic E-state index is -1.27. The van der Waals surface area contributed by atoms with E-state index in [-0.39, 0.29) is 40.6 Å². The third kappa shape index (κ3) is 3.32. The molecule has 2 aromatic carbocycles. The molecule has 2 aromatic heterocycles. The lowest BCUT2D eigenvalue weighted by Gasteiger charge is -2.32. The highest BCUT2D eigenvalue weighted by atomic mass is 16.4. The number of rotatable bonds is 5. The number of nitrogens with zero attached hydrogens (tertiary/aromatic N) is 4. The summed E-state index contributed by atoms with van der Waals surface area (Å²) in [4.78, 5) is 53.6. The Balaban J connectivity index is 1.34. The summed E-state index contributed by atoms with van der Waals surface area (Å²) in [6.07, 6.45) is 1.96. The highest BCUT2D eigenvalue weighted by molar-refractivity contribution is 5.96. The van der Waals surface area contributed by atoms with Crippen molar-refractivity contribution in [1.29, 1.82) is 0 Å². The van der Waals surface area contributed by atoms with E-state index in [9.17, 15) is 24.3 Å². The molecule has 1 amide bonds. The maximum Gasteiger partial charge on any atom is 0.354 e. The molecule has 0 spiro atoms. The Labute approximate surface area is 191 Å². The Hall–Kier alpha value is -4.74. The lowest BCUT2D eigenvalue weighted by molar-refractivity contribution is 0.0687. The molecule has 6 N–H and O–H groups in total. The summed E-state index contributed by atoms with van der Waals surface area (Å²) in [5.74, 6) is -1.84. The smallest absolute Gasteiger partial charge is 0.354 e. The Morgan fingerprint density at radius 2 is 1.91 bits per heavy atom. The van der Waals surface area contributed by atoms with Gasteiger partial charge in [0, 0.05) is 25.7 Å². The van der Waals surface area contributed by atoms with Gasteiger partial charge in [0.2, 0.25) is 0 Å². The van der Waals surface area contributed by atoms with Crippen molar-refractivity contribution < 1.29 is 14.7 Å². The van der Waals surface area contributed by atoms with Gasteiger partial charge in [-0.05, 0) is 23.1 Å². The molecule has 0 fully saturated rings. The molecule has 0 saturated carbocycles. The van der Waals surface area contributed by atoms with Gasteiger partial charge in [-0.25, -0.2) is 14.3 Å². The Morgan fingerprint density at radius 1 is 1.12 bits per heavy atom. The van der Waals surface area contributed by atoms with Gasteiger partial charge < -0.3 is 26.8 Å². The number of benzene rings is 1. The first-order valence-electron chi connectivity index (χ1n) is 10.3. The van der Waals surface area contributed by atoms with Crippen LogP contribution in [0.5, 0.6) is 0 Å². The number of carboxylic acids is 1. The Kier molecular flexibility index (Phi) is 4.78. The minimum Gasteiger partial charge on any atom is -0.477 e. The van der Waals surface area contributed by atoms with Crippen LogP contribution in [0.3, 0.4) is 0 Å². The summed E-state index contributed by atoms with van der Waals surface area (Å²) < 4.78 is 1.06. The molecule has 0 radical (unpaired) electrons. The second-order valence-corrected chi connectivity index (χ2v) is 8.04. The second kappa shape index (κ2) is 7.69. The van der Waals surface area contributed by atoms with E-state index in [1.54, 1.807) is 4.90 Å². The standard InChI is InChI=1S/C22H19N7O5/c23-13-8-26-29-15(22(33)34)6-14(27-20(13)29)21(32)25-7-10-1-2-11-3-4-28(9-12(11)5-10)17-16(24)18(30)19(17)31/h1-2,5-6,8H,3-4,7,9,23-24H2,(H,25,32)(H,33,34). The molecule has 0 saturated heterocycles. The van der Waals surface area contributed by atoms with Crippen LogP contribution in [0.15, 0.2) is 40.1 Å². The van der Waals surface area contributed by atoms with Crippen molar-refractivity contribution in [2.75, 3.05) is 22.9 Å². The summed E-state index contributed by atoms with van der Waals surface area (Å²) in [7, 11) is 0. The van der Waals surface area contributed by atoms with Gasteiger partial charge in [0.1, 0.15) is 17.1 Å². The summed E-state index contributed by atoms with van der Waals surface area (Å²) in [6.45, 7) is 1.17. The number of aromatic carboxylic acids is 1. The van der Waals surface area contributed by atoms with Crippen LogP contribution < -0.4 is 32.5 Å². The molecular weight excluding hydrogens is 442 g/mol. The number of fused-ring (bicyclic) bond motifs is 2. The van der Waals surface area contributed by atoms with Crippen molar-refractivity contribution in [2.45, 2.75) is 19.5 Å². The van der Waals surface area contributed by atoms with Gasteiger partial charge in [0.15, 0.2) is 11.3 Å². The van der Waals surface area contributed by atoms with Gasteiger partial charge in [0.25, 0.3) is 16.8 Å². The molecule has 0 aliphatic carbocycles. The van der Waals surface area contributed by atoms with E-state index >= 15 is 0 Å². The van der Waals surface area contributed by atoms with Crippen molar-refractivity contribution in [1.82, 2.24) is 19.9 Å². The van der Waals surface area contributed by atoms with E-state index < -0.39 is 22.7 Å². The number of hydrogen-bond donors (Lipinski definition) is 4. The van der Waals surface area contributed by atoms with Crippen molar-refractivity contribution in [2.24, 2.45) is 0 Å². The van der Waals surface area contributed by atoms with Crippen LogP contribution in [-0.4, -0.2) is 38.1 Å². The van der Waals surface area contributed by atoms with E-state index in [4.69, 9.17) is 11.5 Å². The van der Waals surface area contributed by atoms with Crippen LogP contribution in [0.4, 0.5) is 17.1 Å². The van der Waals surface area contributed by atoms with E-state index in [0.29, 0.717) is 19.5 Å². The largest absolute Gasteiger partial charge is 0.477 e. The molecule has 12 nitrogen and oxygen atoms in total. The van der Waals surface area contributed by atoms with Gasteiger partial charge in [-0.1, -0.05) is 18.2 Å². The fraction of sp³-hybridized carbons (Fsp3) is 0.182. The molecule has 1 aliphatic heterocycles. The van der Waals surface area contributed by atoms with Crippen LogP contribution in [0, 0.1) is 0 Å². The minimum absolute atomic E-state index is 0.000824. The summed E-state index contributed by atoms with van der Waals surface area (Å²) in [5.41, 5.74) is 13.3. The van der Waals surface area contributed by atoms with E-state index in [2.05, 4.69) is 15.4 Å². The first kappa shape index (κ1) is 21.1. The molecular formula is C22H19N7O5. The van der Waals surface area contributed by atoms with Gasteiger partial charge in [-0.15, -0.1) is 0 Å². The van der Waals surface area contributed by atoms with Crippen LogP contribution >= 0.6 is 0 Å². The van der Waals surface area contributed by atoms with Crippen LogP contribution in [0.1, 0.15) is 37.7 Å². The summed E-state index contributed by atoms with van der Waals surface area (Å²) >= 11 is 0. The second-order valence-electron chi connectivity index (χ2n) is 8.04. The number of anilines is 3. The average Bonchev–Trinajstić information content (AvgIpc) is 3.22. The zero-order valence-corrected chi connectivity index (χ0v) is 17.7. The predicted molar refractivity (Wildman–Crippen MR) is 122 cm³/mol. The summed E-state index contributed by atoms with van der Waals surface area (Å²) in [5, 5.41) is 16.0. The van der Waals surface area contributed by atoms with Crippen molar-refractivity contribution in [3.05, 3.63) is 79.0 Å². The molecule has 0 unspecified atom stereocenters. The van der Waals surface area contributed by atoms with Crippen molar-refractivity contribution >= 4 is 34.6 Å².